The molecule has 2 aromatic carbocycles. The molecule has 0 bridgehead atoms. The van der Waals surface area contributed by atoms with Crippen LogP contribution in [0.1, 0.15) is 11.1 Å². The van der Waals surface area contributed by atoms with Gasteiger partial charge in [0.25, 0.3) is 0 Å². The second-order valence-corrected chi connectivity index (χ2v) is 5.41. The fourth-order valence-electron chi connectivity index (χ4n) is 1.77. The molecule has 0 saturated heterocycles. The van der Waals surface area contributed by atoms with Gasteiger partial charge in [-0.15, -0.1) is 0 Å². The van der Waals surface area contributed by atoms with Crippen LogP contribution in [0.2, 0.25) is 0 Å². The van der Waals surface area contributed by atoms with Crippen LogP contribution in [0.15, 0.2) is 48.5 Å². The van der Waals surface area contributed by atoms with Crippen LogP contribution in [0.5, 0.6) is 5.75 Å². The molecule has 19 heavy (non-hydrogen) atoms. The molecule has 96 valence electrons. The number of hydrogen-bond donors (Lipinski definition) is 1. The van der Waals surface area contributed by atoms with E-state index >= 15 is 0 Å². The van der Waals surface area contributed by atoms with Crippen molar-refractivity contribution in [3.05, 3.63) is 63.2 Å². The van der Waals surface area contributed by atoms with Crippen LogP contribution < -0.4 is 9.96 Å². The zero-order chi connectivity index (χ0) is 13.5. The van der Waals surface area contributed by atoms with Crippen LogP contribution in [-0.4, -0.2) is 14.5 Å². The third-order valence-corrected chi connectivity index (χ3v) is 3.63. The summed E-state index contributed by atoms with van der Waals surface area (Å²) in [5.74, 6) is 0.925. The highest BCUT2D eigenvalue weighted by atomic mass is 127. The van der Waals surface area contributed by atoms with Gasteiger partial charge in [0.05, 0.1) is 3.57 Å². The van der Waals surface area contributed by atoms with Crippen LogP contribution in [0, 0.1) is 3.57 Å². The van der Waals surface area contributed by atoms with E-state index in [2.05, 4.69) is 52.1 Å². The molecular formula is C15H15BINO. The molecule has 0 amide bonds. The molecule has 0 aromatic heterocycles. The quantitative estimate of drug-likeness (QED) is 0.629. The Morgan fingerprint density at radius 1 is 1.05 bits per heavy atom. The minimum Gasteiger partial charge on any atom is -0.488 e. The van der Waals surface area contributed by atoms with Crippen LogP contribution >= 0.6 is 22.6 Å². The van der Waals surface area contributed by atoms with E-state index in [1.54, 1.807) is 0 Å². The van der Waals surface area contributed by atoms with Crippen molar-refractivity contribution in [2.24, 2.45) is 0 Å². The minimum atomic E-state index is 0.598. The Labute approximate surface area is 129 Å². The van der Waals surface area contributed by atoms with Gasteiger partial charge in [0.2, 0.25) is 0 Å². The summed E-state index contributed by atoms with van der Waals surface area (Å²) < 4.78 is 6.96. The van der Waals surface area contributed by atoms with E-state index < -0.39 is 0 Å². The monoisotopic (exact) mass is 363 g/mol. The van der Waals surface area contributed by atoms with Gasteiger partial charge in [-0.3, -0.25) is 0 Å². The van der Waals surface area contributed by atoms with Crippen molar-refractivity contribution < 1.29 is 4.74 Å². The molecule has 0 aliphatic carbocycles. The zero-order valence-corrected chi connectivity index (χ0v) is 12.8. The van der Waals surface area contributed by atoms with Crippen molar-refractivity contribution in [2.45, 2.75) is 13.0 Å². The van der Waals surface area contributed by atoms with E-state index in [0.29, 0.717) is 6.61 Å². The Balaban J connectivity index is 1.97. The maximum Gasteiger partial charge on any atom is 0.177 e. The zero-order valence-electron chi connectivity index (χ0n) is 10.6. The second kappa shape index (κ2) is 7.55. The number of benzene rings is 2. The molecule has 2 rings (SSSR count). The van der Waals surface area contributed by atoms with E-state index in [0.717, 1.165) is 22.3 Å². The van der Waals surface area contributed by atoms with Gasteiger partial charge >= 0.3 is 0 Å². The molecule has 0 unspecified atom stereocenters. The number of hydrogen-bond acceptors (Lipinski definition) is 2. The molecule has 2 aromatic rings. The Kier molecular flexibility index (Phi) is 5.73. The van der Waals surface area contributed by atoms with E-state index in [1.165, 1.54) is 11.1 Å². The summed E-state index contributed by atoms with van der Waals surface area (Å²) in [5.41, 5.74) is 2.43. The highest BCUT2D eigenvalue weighted by Gasteiger charge is 2.03. The van der Waals surface area contributed by atoms with Gasteiger partial charge in [0.1, 0.15) is 12.4 Å². The Hall–Kier alpha value is -1.01. The number of ether oxygens (including phenoxy) is 1. The largest absolute Gasteiger partial charge is 0.488 e. The van der Waals surface area contributed by atoms with Gasteiger partial charge in [-0.2, -0.15) is 0 Å². The van der Waals surface area contributed by atoms with E-state index in [9.17, 15) is 0 Å². The van der Waals surface area contributed by atoms with Gasteiger partial charge in [-0.1, -0.05) is 36.4 Å². The third-order valence-electron chi connectivity index (χ3n) is 2.79. The number of rotatable bonds is 6. The first-order chi connectivity index (χ1) is 9.29. The first kappa shape index (κ1) is 14.4. The summed E-state index contributed by atoms with van der Waals surface area (Å²) in [5, 5.41) is 2.66. The summed E-state index contributed by atoms with van der Waals surface area (Å²) >= 11 is 2.30. The van der Waals surface area contributed by atoms with Crippen LogP contribution in [0.4, 0.5) is 0 Å². The average Bonchev–Trinajstić information content (AvgIpc) is 2.45. The first-order valence-corrected chi connectivity index (χ1v) is 7.26. The fraction of sp³-hybridized carbons (Fsp3) is 0.200. The minimum absolute atomic E-state index is 0.598. The van der Waals surface area contributed by atoms with Gasteiger partial charge in [-0.05, 0) is 58.8 Å². The predicted molar refractivity (Wildman–Crippen MR) is 87.4 cm³/mol. The van der Waals surface area contributed by atoms with Crippen molar-refractivity contribution in [3.63, 3.8) is 0 Å². The third kappa shape index (κ3) is 4.55. The fourth-order valence-corrected chi connectivity index (χ4v) is 2.50. The SMILES string of the molecule is [B]NCCc1ccc(OCc2ccccc2)c(I)c1. The lowest BCUT2D eigenvalue weighted by Gasteiger charge is -2.10. The molecule has 0 atom stereocenters. The summed E-state index contributed by atoms with van der Waals surface area (Å²) in [6, 6.07) is 16.4. The molecule has 1 N–H and O–H groups in total. The molecule has 0 aliphatic heterocycles. The van der Waals surface area contributed by atoms with Crippen LogP contribution in [0.3, 0.4) is 0 Å². The summed E-state index contributed by atoms with van der Waals surface area (Å²) in [7, 11) is 5.28. The topological polar surface area (TPSA) is 21.3 Å². The summed E-state index contributed by atoms with van der Waals surface area (Å²) in [6.07, 6.45) is 0.922. The molecule has 0 aliphatic rings. The molecular weight excluding hydrogens is 348 g/mol. The predicted octanol–water partition coefficient (Wildman–Crippen LogP) is 3.09. The van der Waals surface area contributed by atoms with Gasteiger partial charge in [-0.25, -0.2) is 0 Å². The smallest absolute Gasteiger partial charge is 0.177 e. The highest BCUT2D eigenvalue weighted by Crippen LogP contribution is 2.23. The van der Waals surface area contributed by atoms with Gasteiger partial charge < -0.3 is 9.96 Å². The molecule has 0 spiro atoms. The van der Waals surface area contributed by atoms with Gasteiger partial charge in [0, 0.05) is 0 Å². The van der Waals surface area contributed by atoms with Crippen LogP contribution in [0.25, 0.3) is 0 Å². The Morgan fingerprint density at radius 2 is 1.84 bits per heavy atom. The van der Waals surface area contributed by atoms with E-state index in [4.69, 9.17) is 12.7 Å². The first-order valence-electron chi connectivity index (χ1n) is 6.18. The average molecular weight is 363 g/mol. The second-order valence-electron chi connectivity index (χ2n) is 4.24. The lowest BCUT2D eigenvalue weighted by molar-refractivity contribution is 0.304. The van der Waals surface area contributed by atoms with Crippen molar-refractivity contribution in [3.8, 4) is 5.75 Å². The normalized spacial score (nSPS) is 10.4. The molecule has 0 saturated carbocycles. The maximum absolute atomic E-state index is 5.83. The van der Waals surface area contributed by atoms with Crippen molar-refractivity contribution in [2.75, 3.05) is 6.54 Å². The van der Waals surface area contributed by atoms with Crippen LogP contribution in [-0.2, 0) is 13.0 Å². The molecule has 0 fully saturated rings. The Morgan fingerprint density at radius 3 is 2.53 bits per heavy atom. The Bertz CT molecular complexity index is 519. The molecule has 2 nitrogen and oxygen atoms in total. The molecule has 2 radical (unpaired) electrons. The highest BCUT2D eigenvalue weighted by molar-refractivity contribution is 14.1. The number of nitrogens with one attached hydrogen (secondary N) is 1. The molecule has 4 heteroatoms. The maximum atomic E-state index is 5.83. The van der Waals surface area contributed by atoms with Gasteiger partial charge in [0.15, 0.2) is 7.98 Å². The lowest BCUT2D eigenvalue weighted by Crippen LogP contribution is -2.12. The van der Waals surface area contributed by atoms with E-state index in [-0.39, 0.29) is 0 Å². The lowest BCUT2D eigenvalue weighted by atomic mass is 10.1. The summed E-state index contributed by atoms with van der Waals surface area (Å²) in [4.78, 5) is 0. The van der Waals surface area contributed by atoms with Crippen molar-refractivity contribution in [1.29, 1.82) is 0 Å². The summed E-state index contributed by atoms with van der Waals surface area (Å²) in [6.45, 7) is 1.38. The molecule has 0 heterocycles. The standard InChI is InChI=1S/C15H15BINO/c16-18-9-8-12-6-7-15(14(17)10-12)19-11-13-4-2-1-3-5-13/h1-7,10,18H,8-9,11H2. The number of halogens is 1. The van der Waals surface area contributed by atoms with Crippen molar-refractivity contribution in [1.82, 2.24) is 5.23 Å². The van der Waals surface area contributed by atoms with Crippen molar-refractivity contribution >= 4 is 30.6 Å². The van der Waals surface area contributed by atoms with E-state index in [1.807, 2.05) is 24.3 Å².